The van der Waals surface area contributed by atoms with E-state index in [2.05, 4.69) is 49.8 Å². The summed E-state index contributed by atoms with van der Waals surface area (Å²) >= 11 is 0. The van der Waals surface area contributed by atoms with E-state index in [1.165, 1.54) is 5.56 Å². The Morgan fingerprint density at radius 1 is 1.19 bits per heavy atom. The van der Waals surface area contributed by atoms with Crippen molar-refractivity contribution in [3.05, 3.63) is 29.8 Å². The van der Waals surface area contributed by atoms with Crippen LogP contribution in [-0.4, -0.2) is 55.2 Å². The van der Waals surface area contributed by atoms with Crippen LogP contribution in [-0.2, 0) is 0 Å². The van der Waals surface area contributed by atoms with Crippen LogP contribution in [0, 0.1) is 0 Å². The average Bonchev–Trinajstić information content (AvgIpc) is 2.45. The monoisotopic (exact) mass is 291 g/mol. The van der Waals surface area contributed by atoms with Gasteiger partial charge in [-0.15, -0.1) is 0 Å². The number of hydrogen-bond donors (Lipinski definition) is 1. The first-order valence-electron chi connectivity index (χ1n) is 7.80. The molecular weight excluding hydrogens is 262 g/mol. The molecule has 0 spiro atoms. The van der Waals surface area contributed by atoms with Crippen molar-refractivity contribution < 1.29 is 4.74 Å². The van der Waals surface area contributed by atoms with Crippen LogP contribution in [0.25, 0.3) is 0 Å². The zero-order valence-corrected chi connectivity index (χ0v) is 13.9. The van der Waals surface area contributed by atoms with Gasteiger partial charge in [-0.25, -0.2) is 0 Å². The predicted molar refractivity (Wildman–Crippen MR) is 87.6 cm³/mol. The number of piperazine rings is 1. The number of para-hydroxylation sites is 1. The van der Waals surface area contributed by atoms with E-state index in [4.69, 9.17) is 10.5 Å². The largest absolute Gasteiger partial charge is 0.496 e. The van der Waals surface area contributed by atoms with Crippen LogP contribution >= 0.6 is 0 Å². The minimum absolute atomic E-state index is 0.0594. The minimum atomic E-state index is 0.0594. The number of hydrogen-bond acceptors (Lipinski definition) is 4. The summed E-state index contributed by atoms with van der Waals surface area (Å²) < 4.78 is 5.55. The van der Waals surface area contributed by atoms with Gasteiger partial charge in [0.1, 0.15) is 5.75 Å². The standard InChI is InChI=1S/C17H29N3O/c1-12-10-20(11-13(2)19(12)4)17(14(3)18)15-8-6-7-9-16(15)21-5/h6-9,12-14,17H,10-11,18H2,1-5H3. The lowest BCUT2D eigenvalue weighted by Crippen LogP contribution is -2.57. The normalized spacial score (nSPS) is 27.3. The summed E-state index contributed by atoms with van der Waals surface area (Å²) in [7, 11) is 3.93. The Morgan fingerprint density at radius 2 is 1.76 bits per heavy atom. The Labute approximate surface area is 128 Å². The van der Waals surface area contributed by atoms with Crippen molar-refractivity contribution in [3.8, 4) is 5.75 Å². The highest BCUT2D eigenvalue weighted by atomic mass is 16.5. The van der Waals surface area contributed by atoms with Crippen molar-refractivity contribution in [3.63, 3.8) is 0 Å². The fraction of sp³-hybridized carbons (Fsp3) is 0.647. The molecule has 0 aliphatic carbocycles. The molecule has 1 fully saturated rings. The van der Waals surface area contributed by atoms with Crippen LogP contribution in [0.3, 0.4) is 0 Å². The number of ether oxygens (including phenoxy) is 1. The Hall–Kier alpha value is -1.10. The molecule has 0 saturated carbocycles. The average molecular weight is 291 g/mol. The predicted octanol–water partition coefficient (Wildman–Crippen LogP) is 2.11. The molecule has 1 heterocycles. The Kier molecular flexibility index (Phi) is 5.25. The second-order valence-electron chi connectivity index (χ2n) is 6.36. The third kappa shape index (κ3) is 3.39. The fourth-order valence-corrected chi connectivity index (χ4v) is 3.40. The molecule has 1 aliphatic rings. The minimum Gasteiger partial charge on any atom is -0.496 e. The molecule has 21 heavy (non-hydrogen) atoms. The number of methoxy groups -OCH3 is 1. The van der Waals surface area contributed by atoms with Crippen molar-refractivity contribution in [2.45, 2.75) is 44.9 Å². The summed E-state index contributed by atoms with van der Waals surface area (Å²) in [6.45, 7) is 8.72. The van der Waals surface area contributed by atoms with Crippen LogP contribution < -0.4 is 10.5 Å². The third-order valence-electron chi connectivity index (χ3n) is 4.74. The summed E-state index contributed by atoms with van der Waals surface area (Å²) in [6.07, 6.45) is 0. The lowest BCUT2D eigenvalue weighted by atomic mass is 9.95. The maximum Gasteiger partial charge on any atom is 0.123 e. The molecule has 4 nitrogen and oxygen atoms in total. The number of nitrogens with zero attached hydrogens (tertiary/aromatic N) is 2. The molecule has 0 amide bonds. The van der Waals surface area contributed by atoms with Gasteiger partial charge in [0.15, 0.2) is 0 Å². The molecule has 4 atom stereocenters. The van der Waals surface area contributed by atoms with Gasteiger partial charge in [0, 0.05) is 36.8 Å². The second-order valence-corrected chi connectivity index (χ2v) is 6.36. The molecule has 118 valence electrons. The van der Waals surface area contributed by atoms with E-state index in [1.54, 1.807) is 7.11 Å². The van der Waals surface area contributed by atoms with Crippen molar-refractivity contribution in [2.75, 3.05) is 27.2 Å². The molecule has 2 rings (SSSR count). The van der Waals surface area contributed by atoms with Gasteiger partial charge in [-0.3, -0.25) is 9.80 Å². The molecule has 0 bridgehead atoms. The molecule has 1 aromatic rings. The first kappa shape index (κ1) is 16.3. The van der Waals surface area contributed by atoms with E-state index in [-0.39, 0.29) is 12.1 Å². The summed E-state index contributed by atoms with van der Waals surface area (Å²) in [5.74, 6) is 0.930. The van der Waals surface area contributed by atoms with Gasteiger partial charge in [-0.2, -0.15) is 0 Å². The van der Waals surface area contributed by atoms with E-state index in [0.717, 1.165) is 18.8 Å². The van der Waals surface area contributed by atoms with E-state index in [1.807, 2.05) is 12.1 Å². The quantitative estimate of drug-likeness (QED) is 0.922. The summed E-state index contributed by atoms with van der Waals surface area (Å²) in [6, 6.07) is 9.55. The van der Waals surface area contributed by atoms with Crippen LogP contribution in [0.5, 0.6) is 5.75 Å². The maximum atomic E-state index is 6.34. The van der Waals surface area contributed by atoms with Crippen LogP contribution in [0.15, 0.2) is 24.3 Å². The lowest BCUT2D eigenvalue weighted by Gasteiger charge is -2.46. The first-order chi connectivity index (χ1) is 9.95. The van der Waals surface area contributed by atoms with Crippen molar-refractivity contribution in [1.29, 1.82) is 0 Å². The molecule has 4 heteroatoms. The number of benzene rings is 1. The lowest BCUT2D eigenvalue weighted by molar-refractivity contribution is 0.0267. The number of rotatable bonds is 4. The highest BCUT2D eigenvalue weighted by molar-refractivity contribution is 5.37. The first-order valence-corrected chi connectivity index (χ1v) is 7.80. The highest BCUT2D eigenvalue weighted by Crippen LogP contribution is 2.33. The molecular formula is C17H29N3O. The molecule has 0 radical (unpaired) electrons. The van der Waals surface area contributed by atoms with Gasteiger partial charge in [0.05, 0.1) is 13.2 Å². The van der Waals surface area contributed by atoms with E-state index in [0.29, 0.717) is 12.1 Å². The SMILES string of the molecule is COc1ccccc1C(C(C)N)N1CC(C)N(C)C(C)C1. The molecule has 0 aromatic heterocycles. The Bertz CT molecular complexity index is 451. The molecule has 2 N–H and O–H groups in total. The second kappa shape index (κ2) is 6.77. The van der Waals surface area contributed by atoms with Crippen molar-refractivity contribution in [1.82, 2.24) is 9.80 Å². The van der Waals surface area contributed by atoms with E-state index < -0.39 is 0 Å². The fourth-order valence-electron chi connectivity index (χ4n) is 3.40. The summed E-state index contributed by atoms with van der Waals surface area (Å²) in [4.78, 5) is 4.95. The van der Waals surface area contributed by atoms with Gasteiger partial charge < -0.3 is 10.5 Å². The van der Waals surface area contributed by atoms with Crippen LogP contribution in [0.1, 0.15) is 32.4 Å². The van der Waals surface area contributed by atoms with E-state index >= 15 is 0 Å². The zero-order chi connectivity index (χ0) is 15.6. The maximum absolute atomic E-state index is 6.34. The molecule has 1 saturated heterocycles. The van der Waals surface area contributed by atoms with Crippen molar-refractivity contribution >= 4 is 0 Å². The highest BCUT2D eigenvalue weighted by Gasteiger charge is 2.34. The number of nitrogens with two attached hydrogens (primary N) is 1. The van der Waals surface area contributed by atoms with Gasteiger partial charge in [0.25, 0.3) is 0 Å². The Morgan fingerprint density at radius 3 is 2.29 bits per heavy atom. The van der Waals surface area contributed by atoms with E-state index in [9.17, 15) is 0 Å². The van der Waals surface area contributed by atoms with Crippen LogP contribution in [0.4, 0.5) is 0 Å². The molecule has 4 unspecified atom stereocenters. The summed E-state index contributed by atoms with van der Waals surface area (Å²) in [5, 5.41) is 0. The number of likely N-dealkylation sites (N-methyl/N-ethyl adjacent to an activating group) is 1. The zero-order valence-electron chi connectivity index (χ0n) is 13.9. The van der Waals surface area contributed by atoms with Crippen molar-refractivity contribution in [2.24, 2.45) is 5.73 Å². The molecule has 1 aliphatic heterocycles. The summed E-state index contributed by atoms with van der Waals surface area (Å²) in [5.41, 5.74) is 7.53. The molecule has 1 aromatic carbocycles. The van der Waals surface area contributed by atoms with Gasteiger partial charge in [-0.1, -0.05) is 18.2 Å². The Balaban J connectivity index is 2.31. The van der Waals surface area contributed by atoms with Gasteiger partial charge >= 0.3 is 0 Å². The smallest absolute Gasteiger partial charge is 0.123 e. The van der Waals surface area contributed by atoms with Crippen LogP contribution in [0.2, 0.25) is 0 Å². The van der Waals surface area contributed by atoms with Gasteiger partial charge in [0.2, 0.25) is 0 Å². The topological polar surface area (TPSA) is 41.7 Å². The van der Waals surface area contributed by atoms with Gasteiger partial charge in [-0.05, 0) is 33.9 Å². The third-order valence-corrected chi connectivity index (χ3v) is 4.74.